The van der Waals surface area contributed by atoms with Crippen LogP contribution in [0.2, 0.25) is 5.02 Å². The number of halogens is 1. The number of benzene rings is 1. The first-order valence-electron chi connectivity index (χ1n) is 4.56. The summed E-state index contributed by atoms with van der Waals surface area (Å²) in [6.07, 6.45) is 0.890. The summed E-state index contributed by atoms with van der Waals surface area (Å²) in [6, 6.07) is 5.36. The topological polar surface area (TPSA) is 26.3 Å². The van der Waals surface area contributed by atoms with Gasteiger partial charge in [-0.25, -0.2) is 0 Å². The van der Waals surface area contributed by atoms with Gasteiger partial charge in [-0.2, -0.15) is 0 Å². The van der Waals surface area contributed by atoms with Gasteiger partial charge in [0, 0.05) is 10.9 Å². The molecular weight excluding hydrogens is 200 g/mol. The van der Waals surface area contributed by atoms with Gasteiger partial charge in [0.2, 0.25) is 0 Å². The van der Waals surface area contributed by atoms with Crippen LogP contribution in [0, 0.1) is 0 Å². The number of carbonyl (C=O) groups is 1. The molecule has 0 spiro atoms. The Balaban J connectivity index is 3.00. The molecule has 0 heterocycles. The maximum Gasteiger partial charge on any atom is 0.127 e. The van der Waals surface area contributed by atoms with Crippen LogP contribution in [0.4, 0.5) is 0 Å². The fourth-order valence-corrected chi connectivity index (χ4v) is 1.41. The Morgan fingerprint density at radius 1 is 1.50 bits per heavy atom. The van der Waals surface area contributed by atoms with Crippen LogP contribution in [0.1, 0.15) is 25.3 Å². The molecule has 0 amide bonds. The molecule has 0 aliphatic rings. The summed E-state index contributed by atoms with van der Waals surface area (Å²) >= 11 is 5.89. The quantitative estimate of drug-likeness (QED) is 0.718. The van der Waals surface area contributed by atoms with Crippen molar-refractivity contribution >= 4 is 17.9 Å². The highest BCUT2D eigenvalue weighted by molar-refractivity contribution is 6.30. The molecule has 0 saturated heterocycles. The molecule has 0 aliphatic heterocycles. The van der Waals surface area contributed by atoms with E-state index in [9.17, 15) is 4.79 Å². The number of ether oxygens (including phenoxy) is 1. The number of carbonyl (C=O) groups excluding carboxylic acids is 1. The van der Waals surface area contributed by atoms with Gasteiger partial charge in [0.15, 0.2) is 0 Å². The zero-order valence-electron chi connectivity index (χ0n) is 8.29. The fourth-order valence-electron chi connectivity index (χ4n) is 1.18. The summed E-state index contributed by atoms with van der Waals surface area (Å²) in [5.41, 5.74) is 0.885. The summed E-state index contributed by atoms with van der Waals surface area (Å²) < 4.78 is 5.32. The highest BCUT2D eigenvalue weighted by atomic mass is 35.5. The molecular formula is C11H13ClO2. The van der Waals surface area contributed by atoms with E-state index in [2.05, 4.69) is 0 Å². The average Bonchev–Trinajstić information content (AvgIpc) is 2.16. The van der Waals surface area contributed by atoms with E-state index in [4.69, 9.17) is 16.3 Å². The molecule has 0 aliphatic carbocycles. The third-order valence-corrected chi connectivity index (χ3v) is 2.15. The summed E-state index contributed by atoms with van der Waals surface area (Å²) in [4.78, 5) is 10.6. The molecule has 0 N–H and O–H groups in total. The number of aldehydes is 1. The molecule has 1 atom stereocenters. The minimum atomic E-state index is -0.145. The molecule has 1 aromatic carbocycles. The van der Waals surface area contributed by atoms with Gasteiger partial charge in [-0.3, -0.25) is 0 Å². The molecule has 3 heteroatoms. The molecule has 1 aromatic rings. The summed E-state index contributed by atoms with van der Waals surface area (Å²) in [6.45, 7) is 4.33. The van der Waals surface area contributed by atoms with E-state index in [0.717, 1.165) is 11.8 Å². The van der Waals surface area contributed by atoms with Crippen molar-refractivity contribution in [2.45, 2.75) is 19.8 Å². The Labute approximate surface area is 88.8 Å². The normalized spacial score (nSPS) is 12.2. The Bertz CT molecular complexity index is 323. The average molecular weight is 213 g/mol. The third-order valence-electron chi connectivity index (χ3n) is 1.93. The smallest absolute Gasteiger partial charge is 0.127 e. The summed E-state index contributed by atoms with van der Waals surface area (Å²) in [5.74, 6) is 0.566. The van der Waals surface area contributed by atoms with Crippen molar-refractivity contribution in [3.05, 3.63) is 28.8 Å². The van der Waals surface area contributed by atoms with Gasteiger partial charge in [-0.1, -0.05) is 18.5 Å². The first-order chi connectivity index (χ1) is 6.67. The molecule has 2 nitrogen and oxygen atoms in total. The lowest BCUT2D eigenvalue weighted by Crippen LogP contribution is -1.97. The number of rotatable bonds is 4. The van der Waals surface area contributed by atoms with Gasteiger partial charge >= 0.3 is 0 Å². The van der Waals surface area contributed by atoms with Crippen molar-refractivity contribution in [2.24, 2.45) is 0 Å². The second-order valence-corrected chi connectivity index (χ2v) is 3.51. The van der Waals surface area contributed by atoms with Crippen LogP contribution in [0.5, 0.6) is 5.75 Å². The monoisotopic (exact) mass is 212 g/mol. The van der Waals surface area contributed by atoms with E-state index < -0.39 is 0 Å². The third kappa shape index (κ3) is 2.74. The lowest BCUT2D eigenvalue weighted by Gasteiger charge is -2.08. The summed E-state index contributed by atoms with van der Waals surface area (Å²) in [5, 5.41) is 0.597. The Hall–Kier alpha value is -1.02. The molecule has 0 radical (unpaired) electrons. The lowest BCUT2D eigenvalue weighted by atomic mass is 10.0. The van der Waals surface area contributed by atoms with E-state index in [-0.39, 0.29) is 5.92 Å². The van der Waals surface area contributed by atoms with Crippen molar-refractivity contribution in [1.29, 1.82) is 0 Å². The van der Waals surface area contributed by atoms with E-state index in [0.29, 0.717) is 17.4 Å². The van der Waals surface area contributed by atoms with Crippen LogP contribution in [0.15, 0.2) is 18.2 Å². The highest BCUT2D eigenvalue weighted by Gasteiger charge is 2.06. The van der Waals surface area contributed by atoms with Gasteiger partial charge < -0.3 is 9.53 Å². The highest BCUT2D eigenvalue weighted by Crippen LogP contribution is 2.25. The van der Waals surface area contributed by atoms with Crippen LogP contribution in [-0.4, -0.2) is 12.9 Å². The Morgan fingerprint density at radius 2 is 2.21 bits per heavy atom. The lowest BCUT2D eigenvalue weighted by molar-refractivity contribution is -0.108. The van der Waals surface area contributed by atoms with Gasteiger partial charge in [0.25, 0.3) is 0 Å². The number of hydrogen-bond donors (Lipinski definition) is 0. The second-order valence-electron chi connectivity index (χ2n) is 3.08. The maximum absolute atomic E-state index is 10.6. The first-order valence-corrected chi connectivity index (χ1v) is 4.93. The molecule has 0 aromatic heterocycles. The fraction of sp³-hybridized carbons (Fsp3) is 0.364. The van der Waals surface area contributed by atoms with Crippen molar-refractivity contribution in [2.75, 3.05) is 6.61 Å². The molecule has 0 bridgehead atoms. The molecule has 0 fully saturated rings. The van der Waals surface area contributed by atoms with Gasteiger partial charge in [-0.05, 0) is 30.7 Å². The standard InChI is InChI=1S/C11H13ClO2/c1-3-14-11-5-9(8(2)7-13)4-10(12)6-11/h4-8H,3H2,1-2H3. The van der Waals surface area contributed by atoms with Crippen molar-refractivity contribution in [3.63, 3.8) is 0 Å². The van der Waals surface area contributed by atoms with Crippen LogP contribution in [-0.2, 0) is 4.79 Å². The van der Waals surface area contributed by atoms with E-state index in [1.807, 2.05) is 19.9 Å². The zero-order chi connectivity index (χ0) is 10.6. The predicted octanol–water partition coefficient (Wildman–Crippen LogP) is 3.04. The van der Waals surface area contributed by atoms with Crippen molar-refractivity contribution in [1.82, 2.24) is 0 Å². The zero-order valence-corrected chi connectivity index (χ0v) is 9.04. The van der Waals surface area contributed by atoms with Gasteiger partial charge in [0.1, 0.15) is 12.0 Å². The van der Waals surface area contributed by atoms with Gasteiger partial charge in [-0.15, -0.1) is 0 Å². The van der Waals surface area contributed by atoms with Crippen LogP contribution in [0.3, 0.4) is 0 Å². The largest absolute Gasteiger partial charge is 0.494 e. The van der Waals surface area contributed by atoms with Crippen LogP contribution < -0.4 is 4.74 Å². The van der Waals surface area contributed by atoms with E-state index in [1.165, 1.54) is 0 Å². The molecule has 0 saturated carbocycles. The minimum absolute atomic E-state index is 0.145. The predicted molar refractivity (Wildman–Crippen MR) is 57.1 cm³/mol. The SMILES string of the molecule is CCOc1cc(Cl)cc(C(C)C=O)c1. The minimum Gasteiger partial charge on any atom is -0.494 e. The molecule has 14 heavy (non-hydrogen) atoms. The van der Waals surface area contributed by atoms with E-state index >= 15 is 0 Å². The van der Waals surface area contributed by atoms with Crippen molar-refractivity contribution < 1.29 is 9.53 Å². The summed E-state index contributed by atoms with van der Waals surface area (Å²) in [7, 11) is 0. The van der Waals surface area contributed by atoms with Crippen LogP contribution >= 0.6 is 11.6 Å². The number of hydrogen-bond acceptors (Lipinski definition) is 2. The molecule has 1 rings (SSSR count). The van der Waals surface area contributed by atoms with Crippen molar-refractivity contribution in [3.8, 4) is 5.75 Å². The Kier molecular flexibility index (Phi) is 3.96. The Morgan fingerprint density at radius 3 is 2.79 bits per heavy atom. The first kappa shape index (κ1) is 11.1. The van der Waals surface area contributed by atoms with E-state index in [1.54, 1.807) is 12.1 Å². The van der Waals surface area contributed by atoms with Crippen LogP contribution in [0.25, 0.3) is 0 Å². The molecule has 76 valence electrons. The molecule has 1 unspecified atom stereocenters. The maximum atomic E-state index is 10.6. The van der Waals surface area contributed by atoms with Gasteiger partial charge in [0.05, 0.1) is 6.61 Å². The second kappa shape index (κ2) is 5.01.